The summed E-state index contributed by atoms with van der Waals surface area (Å²) in [6.45, 7) is 1.24. The van der Waals surface area contributed by atoms with Crippen molar-refractivity contribution < 1.29 is 0 Å². The van der Waals surface area contributed by atoms with Gasteiger partial charge in [-0.15, -0.1) is 0 Å². The highest BCUT2D eigenvalue weighted by Gasteiger charge is 1.92. The van der Waals surface area contributed by atoms with Gasteiger partial charge < -0.3 is 11.5 Å². The van der Waals surface area contributed by atoms with E-state index in [4.69, 9.17) is 22.0 Å². The summed E-state index contributed by atoms with van der Waals surface area (Å²) in [6, 6.07) is 4.05. The summed E-state index contributed by atoms with van der Waals surface area (Å²) in [5.74, 6) is 0. The van der Waals surface area contributed by atoms with Gasteiger partial charge in [-0.2, -0.15) is 20.7 Å². The maximum Gasteiger partial charge on any atom is 0.0719 e. The topological polar surface area (TPSA) is 135 Å². The van der Waals surface area contributed by atoms with Crippen LogP contribution in [0.3, 0.4) is 0 Å². The molecule has 0 aliphatic heterocycles. The third kappa shape index (κ3) is 5.56. The molecular weight excluding hydrogens is 256 g/mol. The molecule has 0 bridgehead atoms. The number of nitrogen functional groups attached to an aromatic ring is 2. The summed E-state index contributed by atoms with van der Waals surface area (Å²) in [5, 5.41) is 24.2. The van der Waals surface area contributed by atoms with Gasteiger partial charge in [-0.3, -0.25) is 9.36 Å². The molecule has 0 unspecified atom stereocenters. The van der Waals surface area contributed by atoms with Crippen LogP contribution >= 0.6 is 0 Å². The van der Waals surface area contributed by atoms with Crippen molar-refractivity contribution in [3.63, 3.8) is 0 Å². The van der Waals surface area contributed by atoms with Gasteiger partial charge in [-0.1, -0.05) is 0 Å². The standard InChI is InChI=1S/2C6H8N4/c2*7-2-1-3-10-5-6(8)4-9-10/h2*4-5H,1,3,8H2. The summed E-state index contributed by atoms with van der Waals surface area (Å²) in [6.07, 6.45) is 7.49. The van der Waals surface area contributed by atoms with E-state index >= 15 is 0 Å². The molecule has 0 saturated carbocycles. The molecular formula is C12H16N8. The first kappa shape index (κ1) is 15.1. The lowest BCUT2D eigenvalue weighted by molar-refractivity contribution is 0.628. The largest absolute Gasteiger partial charge is 0.396 e. The monoisotopic (exact) mass is 272 g/mol. The summed E-state index contributed by atoms with van der Waals surface area (Å²) in [4.78, 5) is 0. The molecule has 20 heavy (non-hydrogen) atoms. The van der Waals surface area contributed by atoms with Gasteiger partial charge in [0.25, 0.3) is 0 Å². The summed E-state index contributed by atoms with van der Waals surface area (Å²) < 4.78 is 3.30. The van der Waals surface area contributed by atoms with Crippen LogP contribution in [0.2, 0.25) is 0 Å². The number of nitriles is 2. The molecule has 8 nitrogen and oxygen atoms in total. The zero-order valence-electron chi connectivity index (χ0n) is 11.0. The Bertz CT molecular complexity index is 543. The average molecular weight is 272 g/mol. The van der Waals surface area contributed by atoms with E-state index in [1.54, 1.807) is 34.2 Å². The maximum absolute atomic E-state index is 8.21. The molecule has 2 aromatic rings. The Labute approximate surface area is 116 Å². The number of anilines is 2. The van der Waals surface area contributed by atoms with Crippen LogP contribution in [0, 0.1) is 22.7 Å². The van der Waals surface area contributed by atoms with Crippen LogP contribution in [-0.4, -0.2) is 19.6 Å². The number of hydrogen-bond donors (Lipinski definition) is 2. The van der Waals surface area contributed by atoms with Crippen molar-refractivity contribution in [3.05, 3.63) is 24.8 Å². The number of nitrogens with two attached hydrogens (primary N) is 2. The molecule has 2 aromatic heterocycles. The SMILES string of the molecule is N#CCCn1cc(N)cn1.N#CCCn1cc(N)cn1. The highest BCUT2D eigenvalue weighted by atomic mass is 15.3. The van der Waals surface area contributed by atoms with Gasteiger partial charge in [0.05, 0.1) is 61.8 Å². The molecule has 0 amide bonds. The molecule has 8 heteroatoms. The lowest BCUT2D eigenvalue weighted by Crippen LogP contribution is -1.96. The van der Waals surface area contributed by atoms with Gasteiger partial charge in [-0.25, -0.2) is 0 Å². The lowest BCUT2D eigenvalue weighted by atomic mass is 10.5. The van der Waals surface area contributed by atoms with Gasteiger partial charge >= 0.3 is 0 Å². The predicted octanol–water partition coefficient (Wildman–Crippen LogP) is 0.758. The first-order valence-corrected chi connectivity index (χ1v) is 5.95. The van der Waals surface area contributed by atoms with E-state index in [0.717, 1.165) is 0 Å². The van der Waals surface area contributed by atoms with E-state index in [-0.39, 0.29) is 0 Å². The normalized spacial score (nSPS) is 9.10. The molecule has 0 aliphatic carbocycles. The second kappa shape index (κ2) is 8.16. The Morgan fingerprint density at radius 1 is 0.900 bits per heavy atom. The molecule has 0 spiro atoms. The zero-order chi connectivity index (χ0) is 14.8. The first-order valence-electron chi connectivity index (χ1n) is 5.95. The molecule has 0 atom stereocenters. The van der Waals surface area contributed by atoms with Crippen molar-refractivity contribution in [3.8, 4) is 12.1 Å². The Morgan fingerprint density at radius 3 is 1.55 bits per heavy atom. The lowest BCUT2D eigenvalue weighted by Gasteiger charge is -1.91. The minimum atomic E-state index is 0.473. The molecule has 2 rings (SSSR count). The zero-order valence-corrected chi connectivity index (χ0v) is 11.0. The van der Waals surface area contributed by atoms with Gasteiger partial charge in [-0.05, 0) is 0 Å². The van der Waals surface area contributed by atoms with Crippen LogP contribution in [0.4, 0.5) is 11.4 Å². The number of aryl methyl sites for hydroxylation is 2. The van der Waals surface area contributed by atoms with E-state index in [2.05, 4.69) is 10.2 Å². The smallest absolute Gasteiger partial charge is 0.0719 e. The average Bonchev–Trinajstić information content (AvgIpc) is 3.03. The fourth-order valence-corrected chi connectivity index (χ4v) is 1.33. The third-order valence-electron chi connectivity index (χ3n) is 2.21. The van der Waals surface area contributed by atoms with Crippen molar-refractivity contribution in [2.45, 2.75) is 25.9 Å². The molecule has 0 fully saturated rings. The van der Waals surface area contributed by atoms with Crippen molar-refractivity contribution >= 4 is 11.4 Å². The Balaban J connectivity index is 0.000000200. The van der Waals surface area contributed by atoms with Crippen LogP contribution in [0.25, 0.3) is 0 Å². The fourth-order valence-electron chi connectivity index (χ4n) is 1.33. The Kier molecular flexibility index (Phi) is 6.15. The van der Waals surface area contributed by atoms with E-state index in [9.17, 15) is 0 Å². The number of hydrogen-bond acceptors (Lipinski definition) is 6. The van der Waals surface area contributed by atoms with Crippen molar-refractivity contribution in [1.82, 2.24) is 19.6 Å². The Hall–Kier alpha value is -3.00. The molecule has 4 N–H and O–H groups in total. The quantitative estimate of drug-likeness (QED) is 0.843. The van der Waals surface area contributed by atoms with E-state index in [1.807, 2.05) is 12.1 Å². The molecule has 104 valence electrons. The number of aromatic nitrogens is 4. The highest BCUT2D eigenvalue weighted by molar-refractivity contribution is 5.30. The number of rotatable bonds is 4. The minimum Gasteiger partial charge on any atom is -0.396 e. The fraction of sp³-hybridized carbons (Fsp3) is 0.333. The second-order valence-electron chi connectivity index (χ2n) is 3.89. The maximum atomic E-state index is 8.21. The highest BCUT2D eigenvalue weighted by Crippen LogP contribution is 1.98. The molecule has 0 radical (unpaired) electrons. The van der Waals surface area contributed by atoms with Gasteiger partial charge in [0.15, 0.2) is 0 Å². The van der Waals surface area contributed by atoms with Gasteiger partial charge in [0.1, 0.15) is 0 Å². The predicted molar refractivity (Wildman–Crippen MR) is 73.7 cm³/mol. The third-order valence-corrected chi connectivity index (χ3v) is 2.21. The van der Waals surface area contributed by atoms with Crippen LogP contribution in [0.5, 0.6) is 0 Å². The minimum absolute atomic E-state index is 0.473. The summed E-state index contributed by atoms with van der Waals surface area (Å²) in [7, 11) is 0. The van der Waals surface area contributed by atoms with Crippen LogP contribution in [0.1, 0.15) is 12.8 Å². The van der Waals surface area contributed by atoms with E-state index in [0.29, 0.717) is 37.3 Å². The Morgan fingerprint density at radius 2 is 1.30 bits per heavy atom. The number of nitrogens with zero attached hydrogens (tertiary/aromatic N) is 6. The van der Waals surface area contributed by atoms with Crippen LogP contribution in [-0.2, 0) is 13.1 Å². The summed E-state index contributed by atoms with van der Waals surface area (Å²) >= 11 is 0. The van der Waals surface area contributed by atoms with Crippen LogP contribution in [0.15, 0.2) is 24.8 Å². The molecule has 0 aromatic carbocycles. The molecule has 2 heterocycles. The van der Waals surface area contributed by atoms with Crippen molar-refractivity contribution in [2.24, 2.45) is 0 Å². The van der Waals surface area contributed by atoms with Gasteiger partial charge in [0.2, 0.25) is 0 Å². The molecule has 0 aliphatic rings. The van der Waals surface area contributed by atoms with Crippen molar-refractivity contribution in [2.75, 3.05) is 11.5 Å². The van der Waals surface area contributed by atoms with Crippen molar-refractivity contribution in [1.29, 1.82) is 10.5 Å². The van der Waals surface area contributed by atoms with Crippen LogP contribution < -0.4 is 11.5 Å². The first-order chi connectivity index (χ1) is 9.65. The second-order valence-corrected chi connectivity index (χ2v) is 3.89. The molecule has 0 saturated heterocycles. The van der Waals surface area contributed by atoms with E-state index < -0.39 is 0 Å². The van der Waals surface area contributed by atoms with Gasteiger partial charge in [0, 0.05) is 12.4 Å². The summed E-state index contributed by atoms with van der Waals surface area (Å²) in [5.41, 5.74) is 12.0. The van der Waals surface area contributed by atoms with E-state index in [1.165, 1.54) is 0 Å².